The first-order chi connectivity index (χ1) is 13.3. The van der Waals surface area contributed by atoms with Crippen molar-refractivity contribution in [2.75, 3.05) is 12.3 Å². The number of benzene rings is 1. The van der Waals surface area contributed by atoms with Crippen molar-refractivity contribution in [1.29, 1.82) is 0 Å². The minimum absolute atomic E-state index is 0.328. The van der Waals surface area contributed by atoms with E-state index < -0.39 is 8.07 Å². The fourth-order valence-electron chi connectivity index (χ4n) is 3.88. The van der Waals surface area contributed by atoms with Crippen LogP contribution in [0.5, 0.6) is 0 Å². The summed E-state index contributed by atoms with van der Waals surface area (Å²) in [6.07, 6.45) is 4.91. The number of nitrogen functional groups attached to an aromatic ring is 1. The Morgan fingerprint density at radius 2 is 2.07 bits per heavy atom. The zero-order valence-electron chi connectivity index (χ0n) is 16.8. The molecular weight excluding hydrogens is 432 g/mol. The van der Waals surface area contributed by atoms with Gasteiger partial charge >= 0.3 is 0 Å². The first-order valence-corrected chi connectivity index (χ1v) is 14.3. The van der Waals surface area contributed by atoms with Gasteiger partial charge in [-0.2, -0.15) is 0 Å². The van der Waals surface area contributed by atoms with Gasteiger partial charge in [0, 0.05) is 42.0 Å². The summed E-state index contributed by atoms with van der Waals surface area (Å²) in [5, 5.41) is 1.19. The number of hydrogen-bond donors (Lipinski definition) is 1. The molecule has 0 spiro atoms. The Morgan fingerprint density at radius 1 is 1.25 bits per heavy atom. The van der Waals surface area contributed by atoms with Crippen LogP contribution in [-0.4, -0.2) is 29.2 Å². The molecule has 0 fully saturated rings. The average molecular weight is 459 g/mol. The largest absolute Gasteiger partial charge is 0.368 e. The van der Waals surface area contributed by atoms with Gasteiger partial charge in [0.1, 0.15) is 6.73 Å². The van der Waals surface area contributed by atoms with E-state index in [4.69, 9.17) is 10.5 Å². The number of ether oxygens (including phenoxy) is 1. The molecule has 5 nitrogen and oxygen atoms in total. The number of aromatic nitrogens is 3. The van der Waals surface area contributed by atoms with Crippen LogP contribution in [0.4, 0.5) is 5.95 Å². The quantitative estimate of drug-likeness (QED) is 0.418. The second kappa shape index (κ2) is 7.61. The summed E-state index contributed by atoms with van der Waals surface area (Å²) < 4.78 is 9.56. The maximum Gasteiger partial charge on any atom is 0.220 e. The molecule has 1 aliphatic carbocycles. The van der Waals surface area contributed by atoms with Crippen LogP contribution in [0.3, 0.4) is 0 Å². The molecule has 148 valence electrons. The van der Waals surface area contributed by atoms with E-state index in [1.165, 1.54) is 33.8 Å². The van der Waals surface area contributed by atoms with Crippen LogP contribution >= 0.6 is 15.9 Å². The molecule has 0 bridgehead atoms. The van der Waals surface area contributed by atoms with Gasteiger partial charge in [-0.25, -0.2) is 9.97 Å². The van der Waals surface area contributed by atoms with Gasteiger partial charge in [0.15, 0.2) is 0 Å². The van der Waals surface area contributed by atoms with Gasteiger partial charge in [-0.1, -0.05) is 31.8 Å². The zero-order valence-corrected chi connectivity index (χ0v) is 19.3. The number of halogens is 1. The van der Waals surface area contributed by atoms with E-state index in [-0.39, 0.29) is 0 Å². The Morgan fingerprint density at radius 3 is 2.86 bits per heavy atom. The second-order valence-electron chi connectivity index (χ2n) is 8.69. The summed E-state index contributed by atoms with van der Waals surface area (Å²) in [4.78, 5) is 8.86. The van der Waals surface area contributed by atoms with E-state index in [1.807, 2.05) is 6.20 Å². The third kappa shape index (κ3) is 3.75. The Balaban J connectivity index is 1.82. The summed E-state index contributed by atoms with van der Waals surface area (Å²) in [6.45, 7) is 8.51. The number of fused-ring (bicyclic) bond motifs is 5. The minimum Gasteiger partial charge on any atom is -0.368 e. The number of nitrogens with two attached hydrogens (primary N) is 1. The highest BCUT2D eigenvalue weighted by molar-refractivity contribution is 9.10. The molecule has 0 unspecified atom stereocenters. The number of rotatable bonds is 5. The molecule has 0 amide bonds. The minimum atomic E-state index is -1.11. The Hall–Kier alpha value is -1.70. The molecule has 2 heterocycles. The number of anilines is 1. The predicted octanol–water partition coefficient (Wildman–Crippen LogP) is 5.24. The fraction of sp³-hybridized carbons (Fsp3) is 0.429. The fourth-order valence-corrected chi connectivity index (χ4v) is 5.22. The van der Waals surface area contributed by atoms with Crippen LogP contribution in [0.1, 0.15) is 17.7 Å². The third-order valence-corrected chi connectivity index (χ3v) is 7.68. The summed E-state index contributed by atoms with van der Waals surface area (Å²) >= 11 is 3.76. The van der Waals surface area contributed by atoms with Crippen molar-refractivity contribution in [3.63, 3.8) is 0 Å². The monoisotopic (exact) mass is 458 g/mol. The molecule has 0 radical (unpaired) electrons. The van der Waals surface area contributed by atoms with Crippen molar-refractivity contribution in [1.82, 2.24) is 14.5 Å². The van der Waals surface area contributed by atoms with Crippen molar-refractivity contribution in [2.45, 2.75) is 51.7 Å². The summed E-state index contributed by atoms with van der Waals surface area (Å²) in [5.41, 5.74) is 11.7. The van der Waals surface area contributed by atoms with Gasteiger partial charge in [0.2, 0.25) is 5.95 Å². The molecule has 0 atom stereocenters. The highest BCUT2D eigenvalue weighted by Gasteiger charge is 2.25. The number of aryl methyl sites for hydroxylation is 1. The van der Waals surface area contributed by atoms with Crippen LogP contribution < -0.4 is 5.73 Å². The molecule has 2 aromatic heterocycles. The Labute approximate surface area is 175 Å². The molecule has 7 heteroatoms. The normalized spacial score (nSPS) is 14.0. The van der Waals surface area contributed by atoms with Crippen LogP contribution in [0.15, 0.2) is 28.9 Å². The summed E-state index contributed by atoms with van der Waals surface area (Å²) in [7, 11) is -1.11. The van der Waals surface area contributed by atoms with E-state index in [0.29, 0.717) is 12.7 Å². The molecule has 1 aromatic carbocycles. The smallest absolute Gasteiger partial charge is 0.220 e. The first-order valence-electron chi connectivity index (χ1n) is 9.84. The van der Waals surface area contributed by atoms with Gasteiger partial charge in [-0.3, -0.25) is 0 Å². The van der Waals surface area contributed by atoms with Crippen LogP contribution in [0.25, 0.3) is 22.2 Å². The molecule has 3 aromatic rings. The number of hydrogen-bond acceptors (Lipinski definition) is 4. The maximum atomic E-state index is 6.16. The van der Waals surface area contributed by atoms with Crippen LogP contribution in [0.2, 0.25) is 25.7 Å². The van der Waals surface area contributed by atoms with Crippen molar-refractivity contribution in [3.8, 4) is 11.3 Å². The van der Waals surface area contributed by atoms with Crippen molar-refractivity contribution in [2.24, 2.45) is 0 Å². The van der Waals surface area contributed by atoms with E-state index in [0.717, 1.165) is 36.0 Å². The molecule has 2 N–H and O–H groups in total. The molecule has 0 aliphatic heterocycles. The summed E-state index contributed by atoms with van der Waals surface area (Å²) in [5.74, 6) is 0.328. The standard InChI is InChI=1S/C21H27BrN4OSi/c1-28(2,3)11-10-27-13-26-17-9-4-6-14-12-24-21(23)25-19(14)18(17)15-7-5-8-16(22)20(15)26/h5,7-8,12H,4,6,9-11,13H2,1-3H3,(H2,23,24,25). The van der Waals surface area contributed by atoms with E-state index in [1.54, 1.807) is 0 Å². The number of nitrogens with zero attached hydrogens (tertiary/aromatic N) is 3. The molecule has 28 heavy (non-hydrogen) atoms. The van der Waals surface area contributed by atoms with E-state index in [9.17, 15) is 0 Å². The lowest BCUT2D eigenvalue weighted by Gasteiger charge is -2.17. The number of para-hydroxylation sites is 1. The summed E-state index contributed by atoms with van der Waals surface area (Å²) in [6, 6.07) is 7.51. The second-order valence-corrected chi connectivity index (χ2v) is 15.2. The maximum absolute atomic E-state index is 6.16. The van der Waals surface area contributed by atoms with Gasteiger partial charge in [-0.05, 0) is 52.9 Å². The molecule has 0 saturated carbocycles. The lowest BCUT2D eigenvalue weighted by atomic mass is 10.0. The molecule has 4 rings (SSSR count). The predicted molar refractivity (Wildman–Crippen MR) is 121 cm³/mol. The first kappa shape index (κ1) is 19.6. The van der Waals surface area contributed by atoms with Crippen molar-refractivity contribution >= 4 is 40.9 Å². The van der Waals surface area contributed by atoms with Crippen molar-refractivity contribution in [3.05, 3.63) is 40.1 Å². The lowest BCUT2D eigenvalue weighted by molar-refractivity contribution is 0.0884. The van der Waals surface area contributed by atoms with E-state index >= 15 is 0 Å². The highest BCUT2D eigenvalue weighted by atomic mass is 79.9. The van der Waals surface area contributed by atoms with Crippen LogP contribution in [-0.2, 0) is 24.3 Å². The lowest BCUT2D eigenvalue weighted by Crippen LogP contribution is -2.22. The molecule has 0 saturated heterocycles. The van der Waals surface area contributed by atoms with E-state index in [2.05, 4.69) is 68.3 Å². The third-order valence-electron chi connectivity index (χ3n) is 5.34. The topological polar surface area (TPSA) is 66.0 Å². The Kier molecular flexibility index (Phi) is 5.33. The van der Waals surface area contributed by atoms with Gasteiger partial charge in [-0.15, -0.1) is 0 Å². The van der Waals surface area contributed by atoms with Crippen LogP contribution in [0, 0.1) is 0 Å². The zero-order chi connectivity index (χ0) is 19.9. The van der Waals surface area contributed by atoms with Gasteiger partial charge in [0.05, 0.1) is 11.2 Å². The van der Waals surface area contributed by atoms with Gasteiger partial charge < -0.3 is 15.0 Å². The van der Waals surface area contributed by atoms with Crippen molar-refractivity contribution < 1.29 is 4.74 Å². The average Bonchev–Trinajstić information content (AvgIpc) is 2.81. The highest BCUT2D eigenvalue weighted by Crippen LogP contribution is 2.41. The Bertz CT molecular complexity index is 1030. The molecule has 1 aliphatic rings. The SMILES string of the molecule is C[Si](C)(C)CCOCn1c2c(c3cccc(Br)c31)-c1nc(N)ncc1CCC2. The molecular formula is C21H27BrN4OSi. The van der Waals surface area contributed by atoms with Gasteiger partial charge in [0.25, 0.3) is 0 Å².